The van der Waals surface area contributed by atoms with Gasteiger partial charge in [-0.05, 0) is 5.56 Å². The van der Waals surface area contributed by atoms with Crippen LogP contribution in [0, 0.1) is 0 Å². The molecule has 5 heteroatoms. The first-order valence-electron chi connectivity index (χ1n) is 6.64. The Morgan fingerprint density at radius 3 is 2.53 bits per heavy atom. The zero-order valence-electron chi connectivity index (χ0n) is 11.0. The van der Waals surface area contributed by atoms with Gasteiger partial charge in [0.15, 0.2) is 5.60 Å². The fourth-order valence-corrected chi connectivity index (χ4v) is 2.38. The minimum atomic E-state index is -1.58. The summed E-state index contributed by atoms with van der Waals surface area (Å²) < 4.78 is 0. The second kappa shape index (κ2) is 6.14. The zero-order valence-corrected chi connectivity index (χ0v) is 11.0. The van der Waals surface area contributed by atoms with Crippen LogP contribution >= 0.6 is 0 Å². The van der Waals surface area contributed by atoms with E-state index in [1.165, 1.54) is 0 Å². The van der Waals surface area contributed by atoms with Gasteiger partial charge in [0.2, 0.25) is 0 Å². The maximum atomic E-state index is 11.6. The maximum Gasteiger partial charge on any atom is 0.254 e. The topological polar surface area (TPSA) is 78.6 Å². The van der Waals surface area contributed by atoms with Crippen molar-refractivity contribution in [3.8, 4) is 0 Å². The Morgan fingerprint density at radius 2 is 1.95 bits per heavy atom. The fraction of sp³-hybridized carbons (Fsp3) is 0.500. The Labute approximate surface area is 113 Å². The van der Waals surface area contributed by atoms with Gasteiger partial charge in [-0.15, -0.1) is 0 Å². The molecule has 1 aromatic rings. The summed E-state index contributed by atoms with van der Waals surface area (Å²) in [5.41, 5.74) is 4.39. The summed E-state index contributed by atoms with van der Waals surface area (Å²) in [6.45, 7) is 4.42. The lowest BCUT2D eigenvalue weighted by atomic mass is 9.89. The first-order valence-corrected chi connectivity index (χ1v) is 6.64. The number of primary amides is 1. The number of nitrogens with one attached hydrogen (secondary N) is 1. The number of nitrogens with zero attached hydrogens (tertiary/aromatic N) is 1. The molecule has 5 nitrogen and oxygen atoms in total. The second-order valence-electron chi connectivity index (χ2n) is 4.93. The average Bonchev–Trinajstić information content (AvgIpc) is 2.46. The summed E-state index contributed by atoms with van der Waals surface area (Å²) in [6, 6.07) is 8.92. The third kappa shape index (κ3) is 3.32. The quantitative estimate of drug-likeness (QED) is 0.679. The Kier molecular flexibility index (Phi) is 4.52. The van der Waals surface area contributed by atoms with E-state index in [0.717, 1.165) is 26.2 Å². The largest absolute Gasteiger partial charge is 0.375 e. The van der Waals surface area contributed by atoms with E-state index >= 15 is 0 Å². The third-order valence-electron chi connectivity index (χ3n) is 3.66. The van der Waals surface area contributed by atoms with Crippen LogP contribution in [0.3, 0.4) is 0 Å². The van der Waals surface area contributed by atoms with Crippen LogP contribution in [0.1, 0.15) is 12.0 Å². The summed E-state index contributed by atoms with van der Waals surface area (Å²) in [6.07, 6.45) is 0.326. The number of benzene rings is 1. The van der Waals surface area contributed by atoms with Crippen molar-refractivity contribution < 1.29 is 9.90 Å². The van der Waals surface area contributed by atoms with Gasteiger partial charge in [-0.3, -0.25) is 4.79 Å². The van der Waals surface area contributed by atoms with Gasteiger partial charge >= 0.3 is 0 Å². The van der Waals surface area contributed by atoms with Crippen molar-refractivity contribution in [3.63, 3.8) is 0 Å². The molecule has 1 aromatic carbocycles. The van der Waals surface area contributed by atoms with Gasteiger partial charge in [0.05, 0.1) is 0 Å². The summed E-state index contributed by atoms with van der Waals surface area (Å²) in [7, 11) is 0. The number of aliphatic hydroxyl groups is 1. The van der Waals surface area contributed by atoms with Crippen LogP contribution in [0.4, 0.5) is 0 Å². The van der Waals surface area contributed by atoms with Crippen molar-refractivity contribution in [1.29, 1.82) is 0 Å². The number of amides is 1. The number of carbonyl (C=O) groups is 1. The summed E-state index contributed by atoms with van der Waals surface area (Å²) >= 11 is 0. The summed E-state index contributed by atoms with van der Waals surface area (Å²) in [4.78, 5) is 13.9. The van der Waals surface area contributed by atoms with Crippen LogP contribution in [0.25, 0.3) is 0 Å². The highest BCUT2D eigenvalue weighted by Gasteiger charge is 2.36. The number of hydrogen-bond acceptors (Lipinski definition) is 4. The molecule has 19 heavy (non-hydrogen) atoms. The molecule has 1 aliphatic heterocycles. The van der Waals surface area contributed by atoms with Crippen molar-refractivity contribution in [3.05, 3.63) is 35.9 Å². The van der Waals surface area contributed by atoms with Crippen molar-refractivity contribution in [2.75, 3.05) is 32.7 Å². The number of nitrogens with two attached hydrogens (primary N) is 1. The van der Waals surface area contributed by atoms with Gasteiger partial charge in [0, 0.05) is 39.1 Å². The SMILES string of the molecule is NC(=O)C(O)(CCN1CCNCC1)c1ccccc1. The Morgan fingerprint density at radius 1 is 1.32 bits per heavy atom. The molecule has 0 bridgehead atoms. The van der Waals surface area contributed by atoms with Gasteiger partial charge in [0.1, 0.15) is 0 Å². The molecule has 2 rings (SSSR count). The molecule has 1 heterocycles. The smallest absolute Gasteiger partial charge is 0.254 e. The van der Waals surface area contributed by atoms with Crippen LogP contribution in [-0.2, 0) is 10.4 Å². The van der Waals surface area contributed by atoms with E-state index < -0.39 is 11.5 Å². The molecule has 0 aromatic heterocycles. The number of piperazine rings is 1. The highest BCUT2D eigenvalue weighted by Crippen LogP contribution is 2.25. The molecule has 0 spiro atoms. The van der Waals surface area contributed by atoms with Gasteiger partial charge in [-0.25, -0.2) is 0 Å². The Balaban J connectivity index is 2.05. The van der Waals surface area contributed by atoms with Crippen LogP contribution in [-0.4, -0.2) is 48.6 Å². The molecule has 1 saturated heterocycles. The molecule has 1 atom stereocenters. The summed E-state index contributed by atoms with van der Waals surface area (Å²) in [5.74, 6) is -0.686. The number of hydrogen-bond donors (Lipinski definition) is 3. The molecule has 0 saturated carbocycles. The molecule has 1 fully saturated rings. The van der Waals surface area contributed by atoms with Crippen molar-refractivity contribution in [1.82, 2.24) is 10.2 Å². The summed E-state index contributed by atoms with van der Waals surface area (Å²) in [5, 5.41) is 13.8. The average molecular weight is 263 g/mol. The second-order valence-corrected chi connectivity index (χ2v) is 4.93. The van der Waals surface area contributed by atoms with E-state index in [0.29, 0.717) is 18.5 Å². The Bertz CT molecular complexity index is 418. The highest BCUT2D eigenvalue weighted by molar-refractivity contribution is 5.84. The maximum absolute atomic E-state index is 11.6. The van der Waals surface area contributed by atoms with E-state index in [9.17, 15) is 9.90 Å². The lowest BCUT2D eigenvalue weighted by Crippen LogP contribution is -2.48. The molecule has 4 N–H and O–H groups in total. The van der Waals surface area contributed by atoms with Gasteiger partial charge in [-0.1, -0.05) is 30.3 Å². The van der Waals surface area contributed by atoms with Crippen LogP contribution < -0.4 is 11.1 Å². The van der Waals surface area contributed by atoms with Crippen molar-refractivity contribution in [2.45, 2.75) is 12.0 Å². The van der Waals surface area contributed by atoms with E-state index in [4.69, 9.17) is 5.73 Å². The first-order chi connectivity index (χ1) is 9.13. The highest BCUT2D eigenvalue weighted by atomic mass is 16.3. The van der Waals surface area contributed by atoms with Gasteiger partial charge < -0.3 is 21.1 Å². The predicted octanol–water partition coefficient (Wildman–Crippen LogP) is -0.345. The van der Waals surface area contributed by atoms with E-state index in [-0.39, 0.29) is 0 Å². The normalized spacial score (nSPS) is 19.8. The molecule has 1 aliphatic rings. The van der Waals surface area contributed by atoms with E-state index in [1.54, 1.807) is 24.3 Å². The lowest BCUT2D eigenvalue weighted by Gasteiger charge is -2.31. The standard InChI is InChI=1S/C14H21N3O2/c15-13(18)14(19,12-4-2-1-3-5-12)6-9-17-10-7-16-8-11-17/h1-5,16,19H,6-11H2,(H2,15,18). The van der Waals surface area contributed by atoms with Crippen LogP contribution in [0.2, 0.25) is 0 Å². The van der Waals surface area contributed by atoms with Crippen LogP contribution in [0.15, 0.2) is 30.3 Å². The molecular weight excluding hydrogens is 242 g/mol. The van der Waals surface area contributed by atoms with Gasteiger partial charge in [-0.2, -0.15) is 0 Å². The molecule has 104 valence electrons. The minimum absolute atomic E-state index is 0.326. The van der Waals surface area contributed by atoms with Crippen molar-refractivity contribution in [2.24, 2.45) is 5.73 Å². The predicted molar refractivity (Wildman–Crippen MR) is 73.5 cm³/mol. The minimum Gasteiger partial charge on any atom is -0.375 e. The number of rotatable bonds is 5. The van der Waals surface area contributed by atoms with Crippen molar-refractivity contribution >= 4 is 5.91 Å². The van der Waals surface area contributed by atoms with E-state index in [2.05, 4.69) is 10.2 Å². The van der Waals surface area contributed by atoms with Crippen LogP contribution in [0.5, 0.6) is 0 Å². The van der Waals surface area contributed by atoms with E-state index in [1.807, 2.05) is 6.07 Å². The molecular formula is C14H21N3O2. The third-order valence-corrected chi connectivity index (χ3v) is 3.66. The zero-order chi connectivity index (χ0) is 13.7. The molecule has 0 radical (unpaired) electrons. The fourth-order valence-electron chi connectivity index (χ4n) is 2.38. The first kappa shape index (κ1) is 14.0. The number of carbonyl (C=O) groups excluding carboxylic acids is 1. The molecule has 1 unspecified atom stereocenters. The Hall–Kier alpha value is -1.43. The lowest BCUT2D eigenvalue weighted by molar-refractivity contribution is -0.138. The molecule has 1 amide bonds. The van der Waals surface area contributed by atoms with Gasteiger partial charge in [0.25, 0.3) is 5.91 Å². The monoisotopic (exact) mass is 263 g/mol. The molecule has 0 aliphatic carbocycles.